The number of ether oxygens (including phenoxy) is 1. The van der Waals surface area contributed by atoms with Crippen LogP contribution in [0.5, 0.6) is 11.5 Å². The van der Waals surface area contributed by atoms with Crippen molar-refractivity contribution in [2.24, 2.45) is 7.05 Å². The van der Waals surface area contributed by atoms with Crippen LogP contribution in [0.4, 0.5) is 0 Å². The van der Waals surface area contributed by atoms with Crippen LogP contribution in [0.2, 0.25) is 0 Å². The fourth-order valence-corrected chi connectivity index (χ4v) is 2.51. The number of aryl methyl sites for hydroxylation is 2. The topological polar surface area (TPSA) is 34.4 Å². The van der Waals surface area contributed by atoms with Gasteiger partial charge in [0.2, 0.25) is 0 Å². The van der Waals surface area contributed by atoms with Gasteiger partial charge in [0.1, 0.15) is 18.1 Å². The number of hydrogen-bond donors (Lipinski definition) is 1. The van der Waals surface area contributed by atoms with Crippen molar-refractivity contribution < 1.29 is 9.84 Å². The Morgan fingerprint density at radius 2 is 1.85 bits per heavy atom. The Balaban J connectivity index is 1.86. The lowest BCUT2D eigenvalue weighted by Gasteiger charge is -2.08. The average molecular weight is 267 g/mol. The maximum atomic E-state index is 9.25. The zero-order valence-corrected chi connectivity index (χ0v) is 11.6. The summed E-state index contributed by atoms with van der Waals surface area (Å²) >= 11 is 0. The molecule has 1 heterocycles. The fourth-order valence-electron chi connectivity index (χ4n) is 2.51. The molecule has 0 aliphatic heterocycles. The highest BCUT2D eigenvalue weighted by Crippen LogP contribution is 2.23. The van der Waals surface area contributed by atoms with E-state index in [-0.39, 0.29) is 5.75 Å². The highest BCUT2D eigenvalue weighted by atomic mass is 16.5. The number of aromatic hydroxyl groups is 1. The Morgan fingerprint density at radius 1 is 1.10 bits per heavy atom. The summed E-state index contributed by atoms with van der Waals surface area (Å²) in [4.78, 5) is 0. The van der Waals surface area contributed by atoms with Gasteiger partial charge < -0.3 is 14.4 Å². The maximum Gasteiger partial charge on any atom is 0.128 e. The molecule has 3 nitrogen and oxygen atoms in total. The van der Waals surface area contributed by atoms with Crippen LogP contribution >= 0.6 is 0 Å². The first-order valence-electron chi connectivity index (χ1n) is 6.61. The Labute approximate surface area is 118 Å². The summed E-state index contributed by atoms with van der Waals surface area (Å²) in [5.41, 5.74) is 3.64. The smallest absolute Gasteiger partial charge is 0.128 e. The summed E-state index contributed by atoms with van der Waals surface area (Å²) < 4.78 is 7.94. The predicted molar refractivity (Wildman–Crippen MR) is 80.1 cm³/mol. The molecule has 3 heteroatoms. The van der Waals surface area contributed by atoms with Gasteiger partial charge in [-0.1, -0.05) is 18.2 Å². The third-order valence-electron chi connectivity index (χ3n) is 3.58. The van der Waals surface area contributed by atoms with E-state index in [4.69, 9.17) is 4.74 Å². The molecule has 0 unspecified atom stereocenters. The number of phenolic OH excluding ortho intramolecular Hbond substituents is 1. The Bertz CT molecular complexity index is 742. The summed E-state index contributed by atoms with van der Waals surface area (Å²) in [7, 11) is 2.06. The van der Waals surface area contributed by atoms with Crippen molar-refractivity contribution in [2.45, 2.75) is 13.5 Å². The number of phenols is 1. The van der Waals surface area contributed by atoms with Crippen LogP contribution in [0.1, 0.15) is 11.3 Å². The molecule has 0 saturated carbocycles. The third-order valence-corrected chi connectivity index (χ3v) is 3.58. The van der Waals surface area contributed by atoms with Gasteiger partial charge in [-0.05, 0) is 42.8 Å². The lowest BCUT2D eigenvalue weighted by Crippen LogP contribution is -2.02. The summed E-state index contributed by atoms with van der Waals surface area (Å²) in [6.45, 7) is 2.63. The van der Waals surface area contributed by atoms with Crippen LogP contribution in [-0.4, -0.2) is 9.67 Å². The van der Waals surface area contributed by atoms with Crippen LogP contribution in [0.15, 0.2) is 48.5 Å². The van der Waals surface area contributed by atoms with Crippen molar-refractivity contribution in [1.29, 1.82) is 0 Å². The molecule has 0 aliphatic carbocycles. The molecule has 0 atom stereocenters. The minimum absolute atomic E-state index is 0.248. The molecule has 0 spiro atoms. The predicted octanol–water partition coefficient (Wildman–Crippen LogP) is 3.77. The molecule has 0 amide bonds. The summed E-state index contributed by atoms with van der Waals surface area (Å²) in [6, 6.07) is 15.2. The number of benzene rings is 2. The fraction of sp³-hybridized carbons (Fsp3) is 0.176. The van der Waals surface area contributed by atoms with E-state index >= 15 is 0 Å². The number of para-hydroxylation sites is 1. The molecule has 1 N–H and O–H groups in total. The Hall–Kier alpha value is -2.42. The van der Waals surface area contributed by atoms with Crippen LogP contribution in [-0.2, 0) is 13.7 Å². The Kier molecular flexibility index (Phi) is 3.11. The molecular weight excluding hydrogens is 250 g/mol. The van der Waals surface area contributed by atoms with Gasteiger partial charge in [-0.15, -0.1) is 0 Å². The lowest BCUT2D eigenvalue weighted by atomic mass is 10.2. The second-order valence-electron chi connectivity index (χ2n) is 4.99. The van der Waals surface area contributed by atoms with Gasteiger partial charge >= 0.3 is 0 Å². The van der Waals surface area contributed by atoms with Gasteiger partial charge in [0.05, 0.1) is 11.2 Å². The number of nitrogens with zero attached hydrogens (tertiary/aromatic N) is 1. The van der Waals surface area contributed by atoms with Crippen molar-refractivity contribution in [2.75, 3.05) is 0 Å². The minimum Gasteiger partial charge on any atom is -0.508 e. The van der Waals surface area contributed by atoms with E-state index in [9.17, 15) is 5.11 Å². The molecule has 3 rings (SSSR count). The standard InChI is InChI=1S/C17H17NO2/c1-12-4-3-5-13-10-14(18(2)17(12)13)11-20-16-8-6-15(19)7-9-16/h3-10,19H,11H2,1-2H3. The highest BCUT2D eigenvalue weighted by molar-refractivity contribution is 5.84. The molecule has 20 heavy (non-hydrogen) atoms. The first-order valence-corrected chi connectivity index (χ1v) is 6.61. The van der Waals surface area contributed by atoms with Gasteiger partial charge in [0.25, 0.3) is 0 Å². The quantitative estimate of drug-likeness (QED) is 0.783. The van der Waals surface area contributed by atoms with Crippen molar-refractivity contribution in [3.8, 4) is 11.5 Å². The molecule has 0 aliphatic rings. The van der Waals surface area contributed by atoms with Crippen molar-refractivity contribution >= 4 is 10.9 Å². The van der Waals surface area contributed by atoms with Gasteiger partial charge in [-0.2, -0.15) is 0 Å². The van der Waals surface area contributed by atoms with Crippen molar-refractivity contribution in [3.63, 3.8) is 0 Å². The van der Waals surface area contributed by atoms with E-state index in [2.05, 4.69) is 42.8 Å². The molecule has 0 bridgehead atoms. The summed E-state index contributed by atoms with van der Waals surface area (Å²) in [6.07, 6.45) is 0. The third kappa shape index (κ3) is 2.23. The molecule has 0 saturated heterocycles. The lowest BCUT2D eigenvalue weighted by molar-refractivity contribution is 0.297. The van der Waals surface area contributed by atoms with E-state index in [1.54, 1.807) is 24.3 Å². The molecular formula is C17H17NO2. The van der Waals surface area contributed by atoms with Crippen LogP contribution in [0, 0.1) is 6.92 Å². The van der Waals surface area contributed by atoms with E-state index in [0.717, 1.165) is 11.4 Å². The maximum absolute atomic E-state index is 9.25. The number of fused-ring (bicyclic) bond motifs is 1. The first-order chi connectivity index (χ1) is 9.65. The van der Waals surface area contributed by atoms with E-state index in [1.165, 1.54) is 16.5 Å². The van der Waals surface area contributed by atoms with Crippen LogP contribution in [0.3, 0.4) is 0 Å². The molecule has 1 aromatic heterocycles. The number of hydrogen-bond acceptors (Lipinski definition) is 2. The van der Waals surface area contributed by atoms with Gasteiger partial charge in [0, 0.05) is 12.4 Å². The zero-order chi connectivity index (χ0) is 14.1. The largest absolute Gasteiger partial charge is 0.508 e. The average Bonchev–Trinajstić information content (AvgIpc) is 2.76. The highest BCUT2D eigenvalue weighted by Gasteiger charge is 2.08. The molecule has 0 radical (unpaired) electrons. The number of rotatable bonds is 3. The first kappa shape index (κ1) is 12.6. The van der Waals surface area contributed by atoms with Gasteiger partial charge in [-0.25, -0.2) is 0 Å². The van der Waals surface area contributed by atoms with Crippen molar-refractivity contribution in [1.82, 2.24) is 4.57 Å². The molecule has 3 aromatic rings. The summed E-state index contributed by atoms with van der Waals surface area (Å²) in [5, 5.41) is 10.5. The van der Waals surface area contributed by atoms with E-state index < -0.39 is 0 Å². The van der Waals surface area contributed by atoms with E-state index in [1.807, 2.05) is 0 Å². The van der Waals surface area contributed by atoms with E-state index in [0.29, 0.717) is 6.61 Å². The molecule has 2 aromatic carbocycles. The Morgan fingerprint density at radius 3 is 2.55 bits per heavy atom. The zero-order valence-electron chi connectivity index (χ0n) is 11.6. The number of aromatic nitrogens is 1. The molecule has 0 fully saturated rings. The second kappa shape index (κ2) is 4.93. The summed E-state index contributed by atoms with van der Waals surface area (Å²) in [5.74, 6) is 1.00. The van der Waals surface area contributed by atoms with Crippen LogP contribution in [0.25, 0.3) is 10.9 Å². The minimum atomic E-state index is 0.248. The van der Waals surface area contributed by atoms with Gasteiger partial charge in [0.15, 0.2) is 0 Å². The van der Waals surface area contributed by atoms with Gasteiger partial charge in [-0.3, -0.25) is 0 Å². The van der Waals surface area contributed by atoms with Crippen LogP contribution < -0.4 is 4.74 Å². The van der Waals surface area contributed by atoms with Crippen molar-refractivity contribution in [3.05, 3.63) is 59.8 Å². The SMILES string of the molecule is Cc1cccc2cc(COc3ccc(O)cc3)n(C)c12. The monoisotopic (exact) mass is 267 g/mol. The normalized spacial score (nSPS) is 10.9. The molecule has 102 valence electrons. The second-order valence-corrected chi connectivity index (χ2v) is 4.99.